The number of benzene rings is 2. The quantitative estimate of drug-likeness (QED) is 0.476. The third-order valence-corrected chi connectivity index (χ3v) is 6.87. The van der Waals surface area contributed by atoms with E-state index in [0.29, 0.717) is 35.0 Å². The molecule has 0 fully saturated rings. The minimum Gasteiger partial charge on any atom is -0.398 e. The number of rotatable bonds is 5. The number of nitrogen functional groups attached to an aromatic ring is 1. The van der Waals surface area contributed by atoms with Crippen molar-refractivity contribution in [3.8, 4) is 0 Å². The lowest BCUT2D eigenvalue weighted by atomic mass is 10.0. The first-order chi connectivity index (χ1) is 14.3. The van der Waals surface area contributed by atoms with Crippen LogP contribution in [0.3, 0.4) is 0 Å². The molecule has 0 radical (unpaired) electrons. The van der Waals surface area contributed by atoms with Crippen LogP contribution in [0.4, 0.5) is 14.5 Å². The number of carbonyl (C=O) groups excluding carboxylic acids is 1. The number of hydrogen-bond donors (Lipinski definition) is 2. The molecule has 2 heterocycles. The fourth-order valence-electron chi connectivity index (χ4n) is 3.51. The van der Waals surface area contributed by atoms with Crippen LogP contribution in [0, 0.1) is 11.6 Å². The fourth-order valence-corrected chi connectivity index (χ4v) is 4.96. The molecule has 30 heavy (non-hydrogen) atoms. The molecule has 0 atom stereocenters. The number of halogens is 2. The highest BCUT2D eigenvalue weighted by atomic mass is 32.2. The largest absolute Gasteiger partial charge is 0.398 e. The van der Waals surface area contributed by atoms with Gasteiger partial charge in [0.15, 0.2) is 5.78 Å². The molecule has 0 amide bonds. The molecule has 1 aliphatic heterocycles. The predicted octanol–water partition coefficient (Wildman–Crippen LogP) is 2.44. The Kier molecular flexibility index (Phi) is 5.12. The average molecular weight is 432 g/mol. The first-order valence-corrected chi connectivity index (χ1v) is 10.6. The smallest absolute Gasteiger partial charge is 0.243 e. The van der Waals surface area contributed by atoms with Gasteiger partial charge in [-0.25, -0.2) is 17.2 Å². The first kappa shape index (κ1) is 20.2. The molecule has 0 saturated carbocycles. The molecule has 7 nitrogen and oxygen atoms in total. The number of nitrogens with two attached hydrogens (primary N) is 1. The van der Waals surface area contributed by atoms with Gasteiger partial charge in [-0.05, 0) is 24.3 Å². The van der Waals surface area contributed by atoms with Crippen molar-refractivity contribution in [2.45, 2.75) is 24.3 Å². The number of para-hydroxylation sites is 1. The van der Waals surface area contributed by atoms with Crippen LogP contribution in [0.1, 0.15) is 27.3 Å². The number of aromatic amines is 1. The van der Waals surface area contributed by atoms with Gasteiger partial charge in [0.1, 0.15) is 11.6 Å². The number of nitrogens with one attached hydrogen (secondary N) is 1. The standard InChI is InChI=1S/C20H18F2N4O3S/c21-12-7-13(22)9-14(8-12)30(28,29)26-6-5-18-16(11-26)19(25-24-18)10-20(27)15-3-1-2-4-17(15)23/h1-4,7-9H,5-6,10-11,23H2,(H,24,25). The average Bonchev–Trinajstić information content (AvgIpc) is 3.09. The van der Waals surface area contributed by atoms with E-state index in [1.807, 2.05) is 0 Å². The number of ketones is 1. The first-order valence-electron chi connectivity index (χ1n) is 9.14. The van der Waals surface area contributed by atoms with Gasteiger partial charge in [-0.3, -0.25) is 9.89 Å². The molecule has 0 saturated heterocycles. The summed E-state index contributed by atoms with van der Waals surface area (Å²) in [6.45, 7) is 0.0634. The van der Waals surface area contributed by atoms with Crippen molar-refractivity contribution in [2.24, 2.45) is 0 Å². The van der Waals surface area contributed by atoms with E-state index in [9.17, 15) is 22.0 Å². The molecule has 1 aromatic heterocycles. The SMILES string of the molecule is Nc1ccccc1C(=O)Cc1n[nH]c2c1CN(S(=O)(=O)c1cc(F)cc(F)c1)CC2. The van der Waals surface area contributed by atoms with Crippen LogP contribution < -0.4 is 5.73 Å². The molecule has 4 rings (SSSR count). The molecule has 0 unspecified atom stereocenters. The zero-order valence-electron chi connectivity index (χ0n) is 15.7. The number of carbonyl (C=O) groups is 1. The van der Waals surface area contributed by atoms with Crippen LogP contribution in [0.5, 0.6) is 0 Å². The Labute approximate surface area is 171 Å². The van der Waals surface area contributed by atoms with Gasteiger partial charge in [-0.1, -0.05) is 12.1 Å². The highest BCUT2D eigenvalue weighted by Gasteiger charge is 2.32. The molecule has 1 aliphatic rings. The molecule has 3 N–H and O–H groups in total. The molecule has 156 valence electrons. The summed E-state index contributed by atoms with van der Waals surface area (Å²) in [6.07, 6.45) is 0.281. The third-order valence-electron chi connectivity index (χ3n) is 5.05. The van der Waals surface area contributed by atoms with E-state index in [-0.39, 0.29) is 25.3 Å². The number of sulfonamides is 1. The zero-order valence-corrected chi connectivity index (χ0v) is 16.5. The second kappa shape index (κ2) is 7.62. The van der Waals surface area contributed by atoms with Gasteiger partial charge in [-0.2, -0.15) is 9.40 Å². The van der Waals surface area contributed by atoms with Gasteiger partial charge in [0.2, 0.25) is 10.0 Å². The molecule has 0 bridgehead atoms. The Morgan fingerprint density at radius 2 is 1.87 bits per heavy atom. The van der Waals surface area contributed by atoms with E-state index in [4.69, 9.17) is 5.73 Å². The van der Waals surface area contributed by atoms with E-state index in [1.54, 1.807) is 24.3 Å². The second-order valence-corrected chi connectivity index (χ2v) is 8.95. The molecule has 0 spiro atoms. The van der Waals surface area contributed by atoms with Crippen molar-refractivity contribution in [1.82, 2.24) is 14.5 Å². The number of Topliss-reactive ketones (excluding diaryl/α,β-unsaturated/α-hetero) is 1. The summed E-state index contributed by atoms with van der Waals surface area (Å²) in [4.78, 5) is 12.2. The van der Waals surface area contributed by atoms with E-state index in [0.717, 1.165) is 22.1 Å². The van der Waals surface area contributed by atoms with Crippen molar-refractivity contribution in [3.05, 3.63) is 76.6 Å². The second-order valence-electron chi connectivity index (χ2n) is 7.01. The normalized spacial score (nSPS) is 14.5. The number of anilines is 1. The Morgan fingerprint density at radius 3 is 2.57 bits per heavy atom. The lowest BCUT2D eigenvalue weighted by Crippen LogP contribution is -2.36. The van der Waals surface area contributed by atoms with Gasteiger partial charge in [0.05, 0.1) is 17.0 Å². The lowest BCUT2D eigenvalue weighted by molar-refractivity contribution is 0.0992. The van der Waals surface area contributed by atoms with Crippen LogP contribution in [0.2, 0.25) is 0 Å². The maximum Gasteiger partial charge on any atom is 0.243 e. The van der Waals surface area contributed by atoms with E-state index in [2.05, 4.69) is 10.2 Å². The van der Waals surface area contributed by atoms with Crippen LogP contribution in [-0.4, -0.2) is 35.2 Å². The number of aromatic nitrogens is 2. The van der Waals surface area contributed by atoms with Gasteiger partial charge >= 0.3 is 0 Å². The third kappa shape index (κ3) is 3.71. The van der Waals surface area contributed by atoms with Gasteiger partial charge in [0.25, 0.3) is 0 Å². The summed E-state index contributed by atoms with van der Waals surface area (Å²) in [7, 11) is -4.13. The molecular formula is C20H18F2N4O3S. The highest BCUT2D eigenvalue weighted by Crippen LogP contribution is 2.27. The Balaban J connectivity index is 1.60. The highest BCUT2D eigenvalue weighted by molar-refractivity contribution is 7.89. The summed E-state index contributed by atoms with van der Waals surface area (Å²) >= 11 is 0. The summed E-state index contributed by atoms with van der Waals surface area (Å²) in [5.41, 5.74) is 8.31. The molecular weight excluding hydrogens is 414 g/mol. The predicted molar refractivity (Wildman–Crippen MR) is 105 cm³/mol. The molecule has 10 heteroatoms. The van der Waals surface area contributed by atoms with Crippen molar-refractivity contribution in [1.29, 1.82) is 0 Å². The van der Waals surface area contributed by atoms with Gasteiger partial charge in [0, 0.05) is 48.1 Å². The van der Waals surface area contributed by atoms with Crippen molar-refractivity contribution in [3.63, 3.8) is 0 Å². The Bertz CT molecular complexity index is 1220. The van der Waals surface area contributed by atoms with E-state index >= 15 is 0 Å². The fraction of sp³-hybridized carbons (Fsp3) is 0.200. The lowest BCUT2D eigenvalue weighted by Gasteiger charge is -2.26. The topological polar surface area (TPSA) is 109 Å². The summed E-state index contributed by atoms with van der Waals surface area (Å²) in [5, 5.41) is 7.03. The Morgan fingerprint density at radius 1 is 1.17 bits per heavy atom. The number of hydrogen-bond acceptors (Lipinski definition) is 5. The monoisotopic (exact) mass is 432 g/mol. The summed E-state index contributed by atoms with van der Waals surface area (Å²) in [5.74, 6) is -2.18. The van der Waals surface area contributed by atoms with Crippen molar-refractivity contribution < 1.29 is 22.0 Å². The van der Waals surface area contributed by atoms with E-state index < -0.39 is 26.6 Å². The zero-order chi connectivity index (χ0) is 21.5. The van der Waals surface area contributed by atoms with Crippen LogP contribution >= 0.6 is 0 Å². The summed E-state index contributed by atoms with van der Waals surface area (Å²) in [6, 6.07) is 8.85. The Hall–Kier alpha value is -3.11. The van der Waals surface area contributed by atoms with Crippen LogP contribution in [0.15, 0.2) is 47.4 Å². The van der Waals surface area contributed by atoms with Gasteiger partial charge < -0.3 is 5.73 Å². The van der Waals surface area contributed by atoms with Crippen molar-refractivity contribution >= 4 is 21.5 Å². The van der Waals surface area contributed by atoms with Gasteiger partial charge in [-0.15, -0.1) is 0 Å². The number of nitrogens with zero attached hydrogens (tertiary/aromatic N) is 2. The molecule has 2 aromatic carbocycles. The summed E-state index contributed by atoms with van der Waals surface area (Å²) < 4.78 is 54.0. The van der Waals surface area contributed by atoms with Crippen LogP contribution in [-0.2, 0) is 29.4 Å². The maximum absolute atomic E-state index is 13.5. The number of fused-ring (bicyclic) bond motifs is 1. The maximum atomic E-state index is 13.5. The molecule has 0 aliphatic carbocycles. The van der Waals surface area contributed by atoms with E-state index in [1.165, 1.54) is 0 Å². The van der Waals surface area contributed by atoms with Crippen molar-refractivity contribution in [2.75, 3.05) is 12.3 Å². The minimum absolute atomic E-state index is 0.0530. The van der Waals surface area contributed by atoms with Crippen LogP contribution in [0.25, 0.3) is 0 Å². The number of H-pyrrole nitrogens is 1. The minimum atomic E-state index is -4.13. The molecule has 3 aromatic rings.